The zero-order valence-electron chi connectivity index (χ0n) is 8.66. The van der Waals surface area contributed by atoms with Gasteiger partial charge in [-0.05, 0) is 19.1 Å². The summed E-state index contributed by atoms with van der Waals surface area (Å²) in [7, 11) is 0. The van der Waals surface area contributed by atoms with Crippen molar-refractivity contribution in [3.63, 3.8) is 0 Å². The van der Waals surface area contributed by atoms with Crippen molar-refractivity contribution in [1.82, 2.24) is 4.98 Å². The van der Waals surface area contributed by atoms with Gasteiger partial charge in [0.05, 0.1) is 0 Å². The van der Waals surface area contributed by atoms with Gasteiger partial charge in [0.1, 0.15) is 0 Å². The summed E-state index contributed by atoms with van der Waals surface area (Å²) < 4.78 is 0. The van der Waals surface area contributed by atoms with E-state index in [1.165, 1.54) is 0 Å². The van der Waals surface area contributed by atoms with E-state index in [2.05, 4.69) is 4.98 Å². The third-order valence-corrected chi connectivity index (χ3v) is 0.813. The molecular formula is C10H20ClN. The largest absolute Gasteiger partial charge is 0.262 e. The fraction of sp³-hybridized carbons (Fsp3) is 0.500. The van der Waals surface area contributed by atoms with Gasteiger partial charge in [-0.2, -0.15) is 0 Å². The quantitative estimate of drug-likeness (QED) is 0.604. The molecular weight excluding hydrogens is 170 g/mol. The average molecular weight is 190 g/mol. The molecule has 1 aromatic rings. The number of nitrogens with zero attached hydrogens (tertiary/aromatic N) is 1. The molecule has 0 spiro atoms. The van der Waals surface area contributed by atoms with Crippen molar-refractivity contribution in [2.45, 2.75) is 34.6 Å². The number of rotatable bonds is 0. The summed E-state index contributed by atoms with van der Waals surface area (Å²) in [6.45, 7) is 9.97. The summed E-state index contributed by atoms with van der Waals surface area (Å²) in [6, 6.07) is 5.86. The van der Waals surface area contributed by atoms with Crippen LogP contribution in [-0.2, 0) is 0 Å². The van der Waals surface area contributed by atoms with E-state index in [-0.39, 0.29) is 12.4 Å². The molecule has 0 N–H and O–H groups in total. The molecule has 1 heterocycles. The van der Waals surface area contributed by atoms with Gasteiger partial charge in [-0.15, -0.1) is 12.4 Å². The van der Waals surface area contributed by atoms with Crippen molar-refractivity contribution in [1.29, 1.82) is 0 Å². The second-order valence-corrected chi connectivity index (χ2v) is 1.47. The van der Waals surface area contributed by atoms with E-state index in [0.717, 1.165) is 5.69 Å². The Morgan fingerprint density at radius 3 is 1.67 bits per heavy atom. The Kier molecular flexibility index (Phi) is 24.5. The minimum Gasteiger partial charge on any atom is -0.262 e. The highest BCUT2D eigenvalue weighted by Crippen LogP contribution is 1.85. The molecule has 1 aromatic heterocycles. The van der Waals surface area contributed by atoms with Gasteiger partial charge < -0.3 is 0 Å². The van der Waals surface area contributed by atoms with Gasteiger partial charge in [0.25, 0.3) is 0 Å². The molecule has 2 heteroatoms. The molecule has 0 aliphatic heterocycles. The first kappa shape index (κ1) is 17.5. The molecule has 0 radical (unpaired) electrons. The summed E-state index contributed by atoms with van der Waals surface area (Å²) in [5.41, 5.74) is 1.07. The van der Waals surface area contributed by atoms with E-state index in [4.69, 9.17) is 0 Å². The standard InChI is InChI=1S/C6H7N.2C2H6.ClH/c1-6-4-2-3-5-7-6;2*1-2;/h2-5H,1H3;2*1-2H3;1H. The predicted molar refractivity (Wildman–Crippen MR) is 58.9 cm³/mol. The monoisotopic (exact) mass is 189 g/mol. The molecule has 12 heavy (non-hydrogen) atoms. The van der Waals surface area contributed by atoms with Crippen LogP contribution in [-0.4, -0.2) is 4.98 Å². The summed E-state index contributed by atoms with van der Waals surface area (Å²) in [4.78, 5) is 3.98. The number of aromatic nitrogens is 1. The first-order valence-corrected chi connectivity index (χ1v) is 4.27. The van der Waals surface area contributed by atoms with E-state index >= 15 is 0 Å². The highest BCUT2D eigenvalue weighted by molar-refractivity contribution is 5.85. The van der Waals surface area contributed by atoms with Crippen molar-refractivity contribution in [3.8, 4) is 0 Å². The smallest absolute Gasteiger partial charge is 0.0372 e. The minimum absolute atomic E-state index is 0. The molecule has 0 bridgehead atoms. The topological polar surface area (TPSA) is 12.9 Å². The predicted octanol–water partition coefficient (Wildman–Crippen LogP) is 3.86. The molecule has 0 saturated heterocycles. The Labute approximate surface area is 82.6 Å². The Balaban J connectivity index is -0.000000144. The van der Waals surface area contributed by atoms with Crippen LogP contribution >= 0.6 is 12.4 Å². The van der Waals surface area contributed by atoms with E-state index in [9.17, 15) is 0 Å². The Bertz CT molecular complexity index is 140. The number of hydrogen-bond donors (Lipinski definition) is 0. The van der Waals surface area contributed by atoms with Crippen LogP contribution in [0.2, 0.25) is 0 Å². The van der Waals surface area contributed by atoms with Crippen molar-refractivity contribution in [2.24, 2.45) is 0 Å². The van der Waals surface area contributed by atoms with Crippen LogP contribution in [0.15, 0.2) is 24.4 Å². The lowest BCUT2D eigenvalue weighted by Gasteiger charge is -1.82. The fourth-order valence-corrected chi connectivity index (χ4v) is 0.448. The van der Waals surface area contributed by atoms with Gasteiger partial charge in [-0.3, -0.25) is 4.98 Å². The van der Waals surface area contributed by atoms with Gasteiger partial charge in [-0.1, -0.05) is 33.8 Å². The summed E-state index contributed by atoms with van der Waals surface area (Å²) in [5, 5.41) is 0. The van der Waals surface area contributed by atoms with Crippen molar-refractivity contribution in [3.05, 3.63) is 30.1 Å². The molecule has 72 valence electrons. The zero-order valence-corrected chi connectivity index (χ0v) is 9.48. The molecule has 1 rings (SSSR count). The number of aryl methyl sites for hydroxylation is 1. The first-order chi connectivity index (χ1) is 5.39. The van der Waals surface area contributed by atoms with Gasteiger partial charge in [0.2, 0.25) is 0 Å². The van der Waals surface area contributed by atoms with Crippen LogP contribution in [0.5, 0.6) is 0 Å². The molecule has 0 fully saturated rings. The SMILES string of the molecule is CC.CC.Cc1ccccn1.Cl. The van der Waals surface area contributed by atoms with Crippen LogP contribution in [0.3, 0.4) is 0 Å². The maximum atomic E-state index is 3.98. The Morgan fingerprint density at radius 2 is 1.50 bits per heavy atom. The minimum atomic E-state index is 0. The van der Waals surface area contributed by atoms with E-state index in [0.29, 0.717) is 0 Å². The highest BCUT2D eigenvalue weighted by Gasteiger charge is 1.73. The third-order valence-electron chi connectivity index (χ3n) is 0.813. The van der Waals surface area contributed by atoms with Gasteiger partial charge in [-0.25, -0.2) is 0 Å². The first-order valence-electron chi connectivity index (χ1n) is 4.27. The molecule has 0 saturated carbocycles. The van der Waals surface area contributed by atoms with Gasteiger partial charge in [0, 0.05) is 11.9 Å². The molecule has 0 amide bonds. The molecule has 1 nitrogen and oxygen atoms in total. The molecule has 0 aliphatic carbocycles. The maximum Gasteiger partial charge on any atom is 0.0372 e. The fourth-order valence-electron chi connectivity index (χ4n) is 0.448. The molecule has 0 aromatic carbocycles. The van der Waals surface area contributed by atoms with Gasteiger partial charge in [0.15, 0.2) is 0 Å². The second-order valence-electron chi connectivity index (χ2n) is 1.47. The normalized spacial score (nSPS) is 6.08. The Morgan fingerprint density at radius 1 is 1.00 bits per heavy atom. The third kappa shape index (κ3) is 12.1. The highest BCUT2D eigenvalue weighted by atomic mass is 35.5. The molecule has 0 unspecified atom stereocenters. The molecule has 0 atom stereocenters. The van der Waals surface area contributed by atoms with Crippen LogP contribution < -0.4 is 0 Å². The van der Waals surface area contributed by atoms with Gasteiger partial charge >= 0.3 is 0 Å². The van der Waals surface area contributed by atoms with Crippen molar-refractivity contribution >= 4 is 12.4 Å². The van der Waals surface area contributed by atoms with E-state index in [1.54, 1.807) is 6.20 Å². The second kappa shape index (κ2) is 16.8. The van der Waals surface area contributed by atoms with Crippen LogP contribution in [0, 0.1) is 6.92 Å². The number of hydrogen-bond acceptors (Lipinski definition) is 1. The van der Waals surface area contributed by atoms with Crippen LogP contribution in [0.1, 0.15) is 33.4 Å². The van der Waals surface area contributed by atoms with Crippen LogP contribution in [0.4, 0.5) is 0 Å². The Hall–Kier alpha value is -0.560. The van der Waals surface area contributed by atoms with E-state index in [1.807, 2.05) is 52.8 Å². The molecule has 0 aliphatic rings. The van der Waals surface area contributed by atoms with Crippen LogP contribution in [0.25, 0.3) is 0 Å². The lowest BCUT2D eigenvalue weighted by Crippen LogP contribution is -1.72. The van der Waals surface area contributed by atoms with Crippen molar-refractivity contribution in [2.75, 3.05) is 0 Å². The maximum absolute atomic E-state index is 3.98. The number of halogens is 1. The van der Waals surface area contributed by atoms with E-state index < -0.39 is 0 Å². The summed E-state index contributed by atoms with van der Waals surface area (Å²) in [6.07, 6.45) is 1.79. The zero-order chi connectivity index (χ0) is 9.11. The summed E-state index contributed by atoms with van der Waals surface area (Å²) >= 11 is 0. The van der Waals surface area contributed by atoms with Crippen molar-refractivity contribution < 1.29 is 0 Å². The average Bonchev–Trinajstić information content (AvgIpc) is 2.13. The number of pyridine rings is 1. The lowest BCUT2D eigenvalue weighted by molar-refractivity contribution is 1.20. The summed E-state index contributed by atoms with van der Waals surface area (Å²) in [5.74, 6) is 0. The lowest BCUT2D eigenvalue weighted by atomic mass is 10.4.